The molecule has 0 aliphatic carbocycles. The third-order valence-corrected chi connectivity index (χ3v) is 12.0. The van der Waals surface area contributed by atoms with Crippen LogP contribution in [0.2, 0.25) is 0 Å². The molecule has 0 aromatic heterocycles. The van der Waals surface area contributed by atoms with E-state index in [0.717, 1.165) is 56.0 Å². The van der Waals surface area contributed by atoms with Gasteiger partial charge in [-0.05, 0) is 72.7 Å². The van der Waals surface area contributed by atoms with Crippen molar-refractivity contribution in [2.45, 2.75) is 62.1 Å². The zero-order chi connectivity index (χ0) is 40.5. The van der Waals surface area contributed by atoms with Crippen LogP contribution in [0.3, 0.4) is 0 Å². The maximum absolute atomic E-state index is 14.0. The maximum Gasteiger partial charge on any atom is 0.245 e. The number of likely N-dealkylation sites (N-methyl/N-ethyl adjacent to an activating group) is 2. The first-order valence-corrected chi connectivity index (χ1v) is 20.2. The lowest BCUT2D eigenvalue weighted by Crippen LogP contribution is -2.46. The van der Waals surface area contributed by atoms with Crippen LogP contribution < -0.4 is 0 Å². The molecule has 10 heteroatoms. The molecule has 0 radical (unpaired) electrons. The van der Waals surface area contributed by atoms with Gasteiger partial charge in [0.15, 0.2) is 0 Å². The number of aliphatic hydroxyl groups excluding tert-OH is 2. The Morgan fingerprint density at radius 2 is 0.897 bits per heavy atom. The first-order chi connectivity index (χ1) is 28.0. The number of rotatable bonds is 11. The van der Waals surface area contributed by atoms with Gasteiger partial charge in [0.1, 0.15) is 12.1 Å². The first kappa shape index (κ1) is 39.3. The number of aliphatic hydroxyl groups is 2. The van der Waals surface area contributed by atoms with Crippen LogP contribution in [0.1, 0.15) is 60.0 Å². The van der Waals surface area contributed by atoms with Crippen LogP contribution in [-0.4, -0.2) is 119 Å². The number of amides is 2. The lowest BCUT2D eigenvalue weighted by Gasteiger charge is -2.32. The van der Waals surface area contributed by atoms with Crippen LogP contribution in [0.25, 0.3) is 22.3 Å². The van der Waals surface area contributed by atoms with Crippen LogP contribution in [0.15, 0.2) is 132 Å². The van der Waals surface area contributed by atoms with Crippen molar-refractivity contribution in [1.82, 2.24) is 19.6 Å². The smallest absolute Gasteiger partial charge is 0.245 e. The molecular formula is C48H52N6O4. The Balaban J connectivity index is 0.888. The molecule has 2 N–H and O–H groups in total. The molecule has 8 rings (SSSR count). The summed E-state index contributed by atoms with van der Waals surface area (Å²) in [6.45, 7) is 0.593. The number of hydrogen-bond acceptors (Lipinski definition) is 8. The van der Waals surface area contributed by atoms with Crippen molar-refractivity contribution in [3.05, 3.63) is 144 Å². The van der Waals surface area contributed by atoms with Gasteiger partial charge in [0, 0.05) is 62.6 Å². The van der Waals surface area contributed by atoms with Crippen LogP contribution in [0, 0.1) is 0 Å². The summed E-state index contributed by atoms with van der Waals surface area (Å²) in [5.41, 5.74) is 10.2. The maximum atomic E-state index is 14.0. The second-order valence-corrected chi connectivity index (χ2v) is 16.4. The molecule has 2 amide bonds. The van der Waals surface area contributed by atoms with Gasteiger partial charge in [-0.2, -0.15) is 0 Å². The van der Waals surface area contributed by atoms with E-state index in [1.54, 1.807) is 0 Å². The Morgan fingerprint density at radius 3 is 1.24 bits per heavy atom. The summed E-state index contributed by atoms with van der Waals surface area (Å²) >= 11 is 0. The lowest BCUT2D eigenvalue weighted by atomic mass is 9.94. The summed E-state index contributed by atoms with van der Waals surface area (Å²) in [6, 6.07) is 35.2. The van der Waals surface area contributed by atoms with Crippen LogP contribution in [0.4, 0.5) is 0 Å². The molecule has 0 spiro atoms. The number of β-amino-alcohol motifs (C(OH)–C–C–N with tert-alkyl or cyclic N) is 2. The minimum atomic E-state index is -0.590. The molecule has 298 valence electrons. The molecule has 0 saturated carbocycles. The van der Waals surface area contributed by atoms with E-state index >= 15 is 0 Å². The largest absolute Gasteiger partial charge is 0.391 e. The monoisotopic (exact) mass is 776 g/mol. The van der Waals surface area contributed by atoms with Gasteiger partial charge in [0.05, 0.1) is 24.3 Å². The van der Waals surface area contributed by atoms with E-state index in [-0.39, 0.29) is 23.9 Å². The Kier molecular flexibility index (Phi) is 11.4. The van der Waals surface area contributed by atoms with Crippen molar-refractivity contribution in [2.24, 2.45) is 9.98 Å². The molecule has 2 fully saturated rings. The zero-order valence-electron chi connectivity index (χ0n) is 33.6. The van der Waals surface area contributed by atoms with E-state index in [0.29, 0.717) is 38.8 Å². The van der Waals surface area contributed by atoms with Crippen LogP contribution in [-0.2, 0) is 9.59 Å². The van der Waals surface area contributed by atoms with E-state index in [4.69, 9.17) is 9.98 Å². The number of nitrogens with zero attached hydrogens (tertiary/aromatic N) is 6. The van der Waals surface area contributed by atoms with Gasteiger partial charge in [-0.1, -0.05) is 109 Å². The van der Waals surface area contributed by atoms with Gasteiger partial charge >= 0.3 is 0 Å². The Morgan fingerprint density at radius 1 is 0.552 bits per heavy atom. The standard InChI is InChI=1S/C48H52N6O4/c1-51(2)45(35-11-7-5-8-12-35)47(57)53-29-39(55)25-43(53)41-23-37(27-49-41)33-19-15-31(16-20-33)32-17-21-34(22-18-32)38-24-42(50-28-38)44-26-40(56)30-54(44)48(58)46(52(3)4)36-13-9-6-10-14-36/h5-22,27-28,39-40,43-46,55-56H,23-26,29-30H2,1-4H3/t39-,40+,43-,44-,45+,46+/m0/s1. The first-order valence-electron chi connectivity index (χ1n) is 20.2. The van der Waals surface area contributed by atoms with Crippen molar-refractivity contribution in [3.63, 3.8) is 0 Å². The van der Waals surface area contributed by atoms with E-state index < -0.39 is 24.3 Å². The zero-order valence-corrected chi connectivity index (χ0v) is 33.6. The van der Waals surface area contributed by atoms with Gasteiger partial charge < -0.3 is 20.0 Å². The molecule has 4 aliphatic rings. The van der Waals surface area contributed by atoms with Gasteiger partial charge in [0.25, 0.3) is 0 Å². The van der Waals surface area contributed by atoms with Gasteiger partial charge in [-0.25, -0.2) is 0 Å². The van der Waals surface area contributed by atoms with Crippen LogP contribution >= 0.6 is 0 Å². The fraction of sp³-hybridized carbons (Fsp3) is 0.333. The second-order valence-electron chi connectivity index (χ2n) is 16.4. The third kappa shape index (κ3) is 7.98. The molecule has 10 nitrogen and oxygen atoms in total. The molecule has 0 unspecified atom stereocenters. The molecule has 4 aliphatic heterocycles. The number of carbonyl (C=O) groups excluding carboxylic acids is 2. The third-order valence-electron chi connectivity index (χ3n) is 12.0. The number of likely N-dealkylation sites (tertiary alicyclic amines) is 2. The molecule has 4 heterocycles. The number of allylic oxidation sites excluding steroid dienone is 2. The molecule has 4 aromatic carbocycles. The summed E-state index contributed by atoms with van der Waals surface area (Å²) in [5, 5.41) is 21.4. The minimum absolute atomic E-state index is 0.0221. The van der Waals surface area contributed by atoms with Crippen molar-refractivity contribution in [2.75, 3.05) is 41.3 Å². The summed E-state index contributed by atoms with van der Waals surface area (Å²) in [7, 11) is 7.65. The van der Waals surface area contributed by atoms with E-state index in [2.05, 4.69) is 48.5 Å². The van der Waals surface area contributed by atoms with Gasteiger partial charge in [0.2, 0.25) is 11.8 Å². The number of aliphatic imine (C=N–C) groups is 2. The van der Waals surface area contributed by atoms with Crippen molar-refractivity contribution in [3.8, 4) is 11.1 Å². The predicted molar refractivity (Wildman–Crippen MR) is 230 cm³/mol. The Hall–Kier alpha value is -5.52. The fourth-order valence-corrected chi connectivity index (χ4v) is 9.06. The van der Waals surface area contributed by atoms with Crippen molar-refractivity contribution >= 4 is 34.4 Å². The Labute approximate surface area is 341 Å². The second kappa shape index (κ2) is 16.8. The van der Waals surface area contributed by atoms with Gasteiger partial charge in [-0.15, -0.1) is 0 Å². The average Bonchev–Trinajstić information content (AvgIpc) is 4.06. The molecule has 6 atom stereocenters. The van der Waals surface area contributed by atoms with Crippen molar-refractivity contribution in [1.29, 1.82) is 0 Å². The van der Waals surface area contributed by atoms with E-state index in [1.165, 1.54) is 0 Å². The summed E-state index contributed by atoms with van der Waals surface area (Å²) in [5.74, 6) is -0.0443. The van der Waals surface area contributed by atoms with E-state index in [9.17, 15) is 19.8 Å². The molecular weight excluding hydrogens is 725 g/mol. The topological polar surface area (TPSA) is 112 Å². The molecule has 4 aromatic rings. The average molecular weight is 777 g/mol. The van der Waals surface area contributed by atoms with E-state index in [1.807, 2.05) is 121 Å². The molecule has 0 bridgehead atoms. The van der Waals surface area contributed by atoms with Crippen molar-refractivity contribution < 1.29 is 19.8 Å². The summed E-state index contributed by atoms with van der Waals surface area (Å²) in [6.07, 6.45) is 4.85. The summed E-state index contributed by atoms with van der Waals surface area (Å²) in [4.78, 5) is 45.1. The highest BCUT2D eigenvalue weighted by atomic mass is 16.3. The molecule has 58 heavy (non-hydrogen) atoms. The minimum Gasteiger partial charge on any atom is -0.391 e. The SMILES string of the molecule is CN(C)[C@@H](C(=O)N1C[C@H](O)C[C@H]1C1=NC=C(c2ccc(-c3ccc(C4=CN=C([C@@H]5C[C@H](O)CN5C(=O)[C@@H](c5ccccc5)N(C)C)C4)cc3)cc2)C1)c1ccccc1. The highest BCUT2D eigenvalue weighted by Crippen LogP contribution is 2.36. The Bertz CT molecular complexity index is 2090. The van der Waals surface area contributed by atoms with Crippen LogP contribution in [0.5, 0.6) is 0 Å². The highest BCUT2D eigenvalue weighted by Gasteiger charge is 2.43. The number of benzene rings is 4. The number of hydrogen-bond donors (Lipinski definition) is 2. The molecule has 2 saturated heterocycles. The lowest BCUT2D eigenvalue weighted by molar-refractivity contribution is -0.137. The van der Waals surface area contributed by atoms with Gasteiger partial charge in [-0.3, -0.25) is 29.4 Å². The number of carbonyl (C=O) groups is 2. The highest BCUT2D eigenvalue weighted by molar-refractivity contribution is 6.05. The predicted octanol–water partition coefficient (Wildman–Crippen LogP) is 6.25. The normalized spacial score (nSPS) is 22.9. The summed E-state index contributed by atoms with van der Waals surface area (Å²) < 4.78 is 0. The fourth-order valence-electron chi connectivity index (χ4n) is 9.06. The quantitative estimate of drug-likeness (QED) is 0.186.